The highest BCUT2D eigenvalue weighted by Crippen LogP contribution is 2.42. The number of nitrogens with zero attached hydrogens (tertiary/aromatic N) is 1. The Hall–Kier alpha value is -3.89. The van der Waals surface area contributed by atoms with Gasteiger partial charge in [0.2, 0.25) is 10.0 Å². The number of hydrogen-bond acceptors (Lipinski definition) is 7. The van der Waals surface area contributed by atoms with Crippen molar-refractivity contribution in [1.82, 2.24) is 0 Å². The van der Waals surface area contributed by atoms with Crippen LogP contribution in [0.3, 0.4) is 0 Å². The number of benzene rings is 2. The van der Waals surface area contributed by atoms with Gasteiger partial charge in [0, 0.05) is 11.3 Å². The molecule has 1 aliphatic rings. The lowest BCUT2D eigenvalue weighted by molar-refractivity contribution is -0.132. The summed E-state index contributed by atoms with van der Waals surface area (Å²) < 4.78 is 34.8. The van der Waals surface area contributed by atoms with Crippen LogP contribution in [0, 0.1) is 6.92 Å². The summed E-state index contributed by atoms with van der Waals surface area (Å²) in [4.78, 5) is 27.4. The van der Waals surface area contributed by atoms with Crippen LogP contribution in [0.15, 0.2) is 75.5 Å². The summed E-state index contributed by atoms with van der Waals surface area (Å²) in [7, 11) is -3.95. The van der Waals surface area contributed by atoms with Gasteiger partial charge in [-0.25, -0.2) is 13.6 Å². The lowest BCUT2D eigenvalue weighted by atomic mass is 9.99. The molecule has 0 bridgehead atoms. The van der Waals surface area contributed by atoms with E-state index in [0.29, 0.717) is 23.7 Å². The third-order valence-corrected chi connectivity index (χ3v) is 6.99. The summed E-state index contributed by atoms with van der Waals surface area (Å²) in [5.41, 5.74) is 0.423. The Morgan fingerprint density at radius 2 is 1.70 bits per heavy atom. The Morgan fingerprint density at radius 3 is 2.27 bits per heavy atom. The van der Waals surface area contributed by atoms with Crippen molar-refractivity contribution in [1.29, 1.82) is 0 Å². The molecule has 2 heterocycles. The second-order valence-corrected chi connectivity index (χ2v) is 10.3. The molecular weight excluding hydrogens is 496 g/mol. The zero-order valence-electron chi connectivity index (χ0n) is 20.5. The van der Waals surface area contributed by atoms with Crippen LogP contribution in [0.5, 0.6) is 5.75 Å². The summed E-state index contributed by atoms with van der Waals surface area (Å²) in [6.45, 7) is 4.40. The average molecular weight is 525 g/mol. The molecule has 3 aromatic rings. The number of primary sulfonamides is 1. The molecule has 0 aliphatic carbocycles. The lowest BCUT2D eigenvalue weighted by Crippen LogP contribution is -2.29. The van der Waals surface area contributed by atoms with Crippen LogP contribution in [0.2, 0.25) is 0 Å². The highest BCUT2D eigenvalue weighted by Gasteiger charge is 2.48. The highest BCUT2D eigenvalue weighted by atomic mass is 32.2. The van der Waals surface area contributed by atoms with Gasteiger partial charge in [0.1, 0.15) is 29.1 Å². The Morgan fingerprint density at radius 1 is 1.03 bits per heavy atom. The van der Waals surface area contributed by atoms with Gasteiger partial charge in [-0.05, 0) is 74.0 Å². The van der Waals surface area contributed by atoms with Crippen molar-refractivity contribution in [2.45, 2.75) is 44.0 Å². The fourth-order valence-corrected chi connectivity index (χ4v) is 4.69. The molecular formula is C27H28N2O7S. The topological polar surface area (TPSA) is 140 Å². The summed E-state index contributed by atoms with van der Waals surface area (Å²) >= 11 is 0. The Kier molecular flexibility index (Phi) is 7.51. The van der Waals surface area contributed by atoms with E-state index in [0.717, 1.165) is 19.3 Å². The van der Waals surface area contributed by atoms with E-state index in [4.69, 9.17) is 14.3 Å². The van der Waals surface area contributed by atoms with E-state index in [1.807, 2.05) is 0 Å². The van der Waals surface area contributed by atoms with Crippen LogP contribution < -0.4 is 14.8 Å². The quantitative estimate of drug-likeness (QED) is 0.183. The fourth-order valence-electron chi connectivity index (χ4n) is 4.17. The summed E-state index contributed by atoms with van der Waals surface area (Å²) in [5, 5.41) is 16.4. The minimum atomic E-state index is -3.95. The first-order chi connectivity index (χ1) is 17.6. The number of ketones is 1. The molecule has 4 rings (SSSR count). The number of sulfonamides is 1. The molecule has 9 nitrogen and oxygen atoms in total. The van der Waals surface area contributed by atoms with E-state index in [1.165, 1.54) is 29.2 Å². The van der Waals surface area contributed by atoms with Crippen molar-refractivity contribution in [3.05, 3.63) is 83.3 Å². The third kappa shape index (κ3) is 5.45. The largest absolute Gasteiger partial charge is 0.507 e. The molecule has 1 amide bonds. The van der Waals surface area contributed by atoms with Crippen molar-refractivity contribution < 1.29 is 32.3 Å². The van der Waals surface area contributed by atoms with Gasteiger partial charge in [-0.15, -0.1) is 0 Å². The van der Waals surface area contributed by atoms with Gasteiger partial charge in [-0.3, -0.25) is 14.5 Å². The maximum atomic E-state index is 13.2. The number of unbranched alkanes of at least 4 members (excludes halogenated alkanes) is 2. The predicted octanol–water partition coefficient (Wildman–Crippen LogP) is 4.43. The zero-order valence-corrected chi connectivity index (χ0v) is 21.3. The van der Waals surface area contributed by atoms with Gasteiger partial charge < -0.3 is 14.3 Å². The first-order valence-electron chi connectivity index (χ1n) is 11.8. The fraction of sp³-hybridized carbons (Fsp3) is 0.259. The Balaban J connectivity index is 1.74. The van der Waals surface area contributed by atoms with Crippen LogP contribution in [-0.2, 0) is 19.6 Å². The number of anilines is 1. The van der Waals surface area contributed by atoms with E-state index in [9.17, 15) is 23.1 Å². The number of carbonyl (C=O) groups is 2. The zero-order chi connectivity index (χ0) is 26.7. The molecule has 194 valence electrons. The molecule has 1 atom stereocenters. The summed E-state index contributed by atoms with van der Waals surface area (Å²) in [6, 6.07) is 14.1. The highest BCUT2D eigenvalue weighted by molar-refractivity contribution is 7.89. The van der Waals surface area contributed by atoms with E-state index in [-0.39, 0.29) is 27.7 Å². The number of Topliss-reactive ketones (excluding diaryl/α,β-unsaturated/α-hetero) is 1. The van der Waals surface area contributed by atoms with Crippen molar-refractivity contribution in [3.8, 4) is 5.75 Å². The van der Waals surface area contributed by atoms with E-state index in [1.54, 1.807) is 43.3 Å². The first-order valence-corrected chi connectivity index (χ1v) is 13.4. The van der Waals surface area contributed by atoms with Gasteiger partial charge in [-0.2, -0.15) is 0 Å². The maximum Gasteiger partial charge on any atom is 0.300 e. The number of rotatable bonds is 9. The Labute approximate surface area is 215 Å². The van der Waals surface area contributed by atoms with Gasteiger partial charge in [0.05, 0.1) is 17.1 Å². The van der Waals surface area contributed by atoms with Crippen molar-refractivity contribution in [2.24, 2.45) is 5.14 Å². The van der Waals surface area contributed by atoms with E-state index in [2.05, 4.69) is 6.92 Å². The number of carbonyl (C=O) groups excluding carboxylic acids is 2. The average Bonchev–Trinajstić information content (AvgIpc) is 3.42. The molecule has 10 heteroatoms. The van der Waals surface area contributed by atoms with Crippen molar-refractivity contribution >= 4 is 33.2 Å². The number of aliphatic hydroxyl groups excluding tert-OH is 1. The molecule has 0 spiro atoms. The summed E-state index contributed by atoms with van der Waals surface area (Å²) in [5.74, 6) is -0.703. The predicted molar refractivity (Wildman–Crippen MR) is 138 cm³/mol. The number of furan rings is 1. The minimum absolute atomic E-state index is 0.143. The lowest BCUT2D eigenvalue weighted by Gasteiger charge is -2.23. The van der Waals surface area contributed by atoms with Gasteiger partial charge >= 0.3 is 0 Å². The van der Waals surface area contributed by atoms with Gasteiger partial charge in [0.15, 0.2) is 0 Å². The second-order valence-electron chi connectivity index (χ2n) is 8.74. The van der Waals surface area contributed by atoms with Crippen molar-refractivity contribution in [2.75, 3.05) is 11.5 Å². The summed E-state index contributed by atoms with van der Waals surface area (Å²) in [6.07, 6.45) is 3.08. The SMILES string of the molecule is CCCCCOc1ccc(/C(O)=C2/C(=O)C(=O)N(c3ccc(S(N)(=O)=O)cc3)C2c2ccc(C)o2)cc1. The minimum Gasteiger partial charge on any atom is -0.507 e. The van der Waals surface area contributed by atoms with E-state index < -0.39 is 27.8 Å². The molecule has 0 radical (unpaired) electrons. The maximum absolute atomic E-state index is 13.2. The van der Waals surface area contributed by atoms with Crippen LogP contribution >= 0.6 is 0 Å². The van der Waals surface area contributed by atoms with Crippen LogP contribution in [0.25, 0.3) is 5.76 Å². The second kappa shape index (κ2) is 10.6. The molecule has 3 N–H and O–H groups in total. The molecule has 1 aliphatic heterocycles. The van der Waals surface area contributed by atoms with Crippen LogP contribution in [-0.4, -0.2) is 31.8 Å². The number of aryl methyl sites for hydroxylation is 1. The van der Waals surface area contributed by atoms with Gasteiger partial charge in [-0.1, -0.05) is 19.8 Å². The number of aliphatic hydroxyl groups is 1. The Bertz CT molecular complexity index is 1440. The number of hydrogen-bond donors (Lipinski definition) is 2. The molecule has 1 fully saturated rings. The normalized spacial score (nSPS) is 17.4. The number of amides is 1. The standard InChI is InChI=1S/C27H28N2O7S/c1-3-4-5-16-35-20-11-7-18(8-12-20)25(30)23-24(22-15-6-17(2)36-22)29(27(32)26(23)31)19-9-13-21(14-10-19)37(28,33)34/h6-15,24,30H,3-5,16H2,1-2H3,(H2,28,33,34)/b25-23-. The molecule has 37 heavy (non-hydrogen) atoms. The molecule has 1 saturated heterocycles. The van der Waals surface area contributed by atoms with Crippen molar-refractivity contribution in [3.63, 3.8) is 0 Å². The molecule has 1 aromatic heterocycles. The smallest absolute Gasteiger partial charge is 0.300 e. The number of ether oxygens (including phenoxy) is 1. The van der Waals surface area contributed by atoms with Crippen LogP contribution in [0.1, 0.15) is 49.3 Å². The van der Waals surface area contributed by atoms with Gasteiger partial charge in [0.25, 0.3) is 11.7 Å². The number of nitrogens with two attached hydrogens (primary N) is 1. The molecule has 0 saturated carbocycles. The monoisotopic (exact) mass is 524 g/mol. The van der Waals surface area contributed by atoms with E-state index >= 15 is 0 Å². The first kappa shape index (κ1) is 26.2. The van der Waals surface area contributed by atoms with Crippen LogP contribution in [0.4, 0.5) is 5.69 Å². The third-order valence-electron chi connectivity index (χ3n) is 6.06. The molecule has 1 unspecified atom stereocenters. The molecule has 2 aromatic carbocycles.